The van der Waals surface area contributed by atoms with Crippen LogP contribution in [0.2, 0.25) is 10.0 Å². The molecule has 2 aromatic carbocycles. The second kappa shape index (κ2) is 17.1. The topological polar surface area (TPSA) is 93.2 Å². The molecule has 2 aliphatic heterocycles. The van der Waals surface area contributed by atoms with Gasteiger partial charge in [-0.2, -0.15) is 0 Å². The Morgan fingerprint density at radius 2 is 1.64 bits per heavy atom. The van der Waals surface area contributed by atoms with Gasteiger partial charge in [0, 0.05) is 38.4 Å². The number of aryl methyl sites for hydroxylation is 2. The second-order valence-corrected chi connectivity index (χ2v) is 12.7. The molecule has 2 heterocycles. The number of hydrogen-bond donors (Lipinski definition) is 0. The highest BCUT2D eigenvalue weighted by Crippen LogP contribution is 2.35. The van der Waals surface area contributed by atoms with E-state index >= 15 is 0 Å². The molecule has 0 radical (unpaired) electrons. The average Bonchev–Trinajstić information content (AvgIpc) is 3.39. The zero-order valence-electron chi connectivity index (χ0n) is 26.2. The second-order valence-electron chi connectivity index (χ2n) is 11.9. The summed E-state index contributed by atoms with van der Waals surface area (Å²) in [6.07, 6.45) is 4.05. The van der Waals surface area contributed by atoms with E-state index in [0.717, 1.165) is 18.4 Å². The van der Waals surface area contributed by atoms with E-state index in [1.165, 1.54) is 5.56 Å². The molecule has 1 amide bonds. The van der Waals surface area contributed by atoms with Gasteiger partial charge in [0.25, 0.3) is 0 Å². The fraction of sp³-hybridized carbons (Fsp3) is 0.543. The summed E-state index contributed by atoms with van der Waals surface area (Å²) >= 11 is 12.3. The smallest absolute Gasteiger partial charge is 0.306 e. The quantitative estimate of drug-likeness (QED) is 0.214. The van der Waals surface area contributed by atoms with Crippen LogP contribution in [0.4, 0.5) is 0 Å². The molecule has 45 heavy (non-hydrogen) atoms. The van der Waals surface area contributed by atoms with Gasteiger partial charge in [0.2, 0.25) is 5.91 Å². The maximum Gasteiger partial charge on any atom is 0.306 e. The monoisotopic (exact) mass is 658 g/mol. The number of carbonyl (C=O) groups is 4. The van der Waals surface area contributed by atoms with Crippen molar-refractivity contribution in [2.45, 2.75) is 89.8 Å². The number of Topliss-reactive ketones (excluding diaryl/α,β-unsaturated/α-hetero) is 1. The van der Waals surface area contributed by atoms with E-state index < -0.39 is 12.1 Å². The first-order chi connectivity index (χ1) is 21.7. The predicted octanol–water partition coefficient (Wildman–Crippen LogP) is 6.08. The molecule has 0 N–H and O–H groups in total. The zero-order valence-corrected chi connectivity index (χ0v) is 27.7. The Balaban J connectivity index is 1.56. The predicted molar refractivity (Wildman–Crippen MR) is 174 cm³/mol. The minimum absolute atomic E-state index is 0.0134. The van der Waals surface area contributed by atoms with Crippen LogP contribution in [-0.2, 0) is 41.5 Å². The Hall–Kier alpha value is -2.94. The van der Waals surface area contributed by atoms with Crippen LogP contribution in [-0.4, -0.2) is 77.9 Å². The highest BCUT2D eigenvalue weighted by atomic mass is 35.5. The molecule has 2 saturated heterocycles. The summed E-state index contributed by atoms with van der Waals surface area (Å²) in [7, 11) is 0. The Morgan fingerprint density at radius 1 is 0.911 bits per heavy atom. The van der Waals surface area contributed by atoms with Gasteiger partial charge in [-0.25, -0.2) is 0 Å². The SMILES string of the molecule is CCOC(=O)CC[C@H](C(=O)CCc1ccc(Cl)c(Cl)c1)N1CCC(CCc2ccccc2)N2C[C@H](CC(=O)OCC)C[C@H]2C1=O. The van der Waals surface area contributed by atoms with Crippen LogP contribution in [0, 0.1) is 5.92 Å². The third-order valence-corrected chi connectivity index (χ3v) is 9.59. The summed E-state index contributed by atoms with van der Waals surface area (Å²) in [5, 5.41) is 0.863. The van der Waals surface area contributed by atoms with Crippen molar-refractivity contribution in [1.82, 2.24) is 9.80 Å². The molecular weight excluding hydrogens is 615 g/mol. The van der Waals surface area contributed by atoms with Crippen LogP contribution in [0.25, 0.3) is 0 Å². The number of carbonyl (C=O) groups excluding carboxylic acids is 4. The number of ether oxygens (including phenoxy) is 2. The summed E-state index contributed by atoms with van der Waals surface area (Å²) in [6, 6.07) is 14.5. The highest BCUT2D eigenvalue weighted by Gasteiger charge is 2.46. The Kier molecular flexibility index (Phi) is 13.3. The summed E-state index contributed by atoms with van der Waals surface area (Å²) < 4.78 is 10.4. The van der Waals surface area contributed by atoms with Gasteiger partial charge in [-0.15, -0.1) is 0 Å². The summed E-state index contributed by atoms with van der Waals surface area (Å²) in [5.41, 5.74) is 2.10. The lowest BCUT2D eigenvalue weighted by Gasteiger charge is -2.32. The van der Waals surface area contributed by atoms with Crippen molar-refractivity contribution in [2.75, 3.05) is 26.3 Å². The summed E-state index contributed by atoms with van der Waals surface area (Å²) in [6.45, 7) is 5.14. The highest BCUT2D eigenvalue weighted by molar-refractivity contribution is 6.42. The van der Waals surface area contributed by atoms with E-state index in [9.17, 15) is 19.2 Å². The van der Waals surface area contributed by atoms with E-state index in [0.29, 0.717) is 49.0 Å². The lowest BCUT2D eigenvalue weighted by atomic mass is 9.96. The van der Waals surface area contributed by atoms with Gasteiger partial charge in [0.1, 0.15) is 0 Å². The molecule has 4 rings (SSSR count). The molecule has 0 aromatic heterocycles. The van der Waals surface area contributed by atoms with Crippen molar-refractivity contribution in [3.05, 3.63) is 69.7 Å². The molecule has 2 fully saturated rings. The average molecular weight is 660 g/mol. The fourth-order valence-electron chi connectivity index (χ4n) is 6.66. The Bertz CT molecular complexity index is 1320. The van der Waals surface area contributed by atoms with E-state index in [1.54, 1.807) is 30.9 Å². The maximum atomic E-state index is 14.3. The molecule has 10 heteroatoms. The molecule has 1 unspecified atom stereocenters. The lowest BCUT2D eigenvalue weighted by Crippen LogP contribution is -2.50. The number of halogens is 2. The molecular formula is C35H44Cl2N2O6. The summed E-state index contributed by atoms with van der Waals surface area (Å²) in [5.74, 6) is -0.871. The van der Waals surface area contributed by atoms with E-state index in [2.05, 4.69) is 17.0 Å². The number of benzene rings is 2. The first-order valence-electron chi connectivity index (χ1n) is 16.1. The van der Waals surface area contributed by atoms with E-state index in [1.807, 2.05) is 24.3 Å². The third kappa shape index (κ3) is 9.77. The van der Waals surface area contributed by atoms with Crippen molar-refractivity contribution < 1.29 is 28.7 Å². The van der Waals surface area contributed by atoms with Crippen LogP contribution in [0.1, 0.15) is 69.9 Å². The van der Waals surface area contributed by atoms with Crippen LogP contribution < -0.4 is 0 Å². The van der Waals surface area contributed by atoms with Crippen LogP contribution >= 0.6 is 23.2 Å². The standard InChI is InChI=1S/C35H44Cl2N2O6/c1-3-44-33(41)17-15-30(32(40)16-12-25-11-14-28(36)29(37)20-25)38-19-18-27(13-10-24-8-6-5-7-9-24)39-23-26(21-31(39)35(38)43)22-34(42)45-4-2/h5-9,11,14,20,26-27,30-31H,3-4,10,12-13,15-19,21-23H2,1-2H3/t26-,27?,30+,31-/m0/s1. The first kappa shape index (κ1) is 34.9. The number of nitrogens with zero attached hydrogens (tertiary/aromatic N) is 2. The van der Waals surface area contributed by atoms with Crippen molar-refractivity contribution in [3.63, 3.8) is 0 Å². The Labute approximate surface area is 276 Å². The van der Waals surface area contributed by atoms with Crippen LogP contribution in [0.3, 0.4) is 0 Å². The minimum atomic E-state index is -0.761. The number of rotatable bonds is 15. The largest absolute Gasteiger partial charge is 0.466 e. The minimum Gasteiger partial charge on any atom is -0.466 e. The van der Waals surface area contributed by atoms with Gasteiger partial charge < -0.3 is 14.4 Å². The molecule has 0 bridgehead atoms. The van der Waals surface area contributed by atoms with Crippen molar-refractivity contribution >= 4 is 46.8 Å². The van der Waals surface area contributed by atoms with Gasteiger partial charge >= 0.3 is 11.9 Å². The van der Waals surface area contributed by atoms with E-state index in [-0.39, 0.29) is 67.9 Å². The third-order valence-electron chi connectivity index (χ3n) is 8.86. The molecule has 0 aliphatic carbocycles. The van der Waals surface area contributed by atoms with Crippen LogP contribution in [0.15, 0.2) is 48.5 Å². The van der Waals surface area contributed by atoms with Gasteiger partial charge in [0.05, 0.1) is 35.3 Å². The molecule has 0 saturated carbocycles. The zero-order chi connectivity index (χ0) is 32.3. The van der Waals surface area contributed by atoms with Gasteiger partial charge in [0.15, 0.2) is 5.78 Å². The van der Waals surface area contributed by atoms with Crippen molar-refractivity contribution in [1.29, 1.82) is 0 Å². The molecule has 8 nitrogen and oxygen atoms in total. The van der Waals surface area contributed by atoms with Gasteiger partial charge in [-0.1, -0.05) is 59.6 Å². The molecule has 244 valence electrons. The number of ketones is 1. The number of esters is 2. The summed E-state index contributed by atoms with van der Waals surface area (Å²) in [4.78, 5) is 57.0. The normalized spacial score (nSPS) is 20.8. The first-order valence-corrected chi connectivity index (χ1v) is 16.8. The van der Waals surface area contributed by atoms with E-state index in [4.69, 9.17) is 32.7 Å². The van der Waals surface area contributed by atoms with Gasteiger partial charge in [-0.3, -0.25) is 24.1 Å². The number of amides is 1. The Morgan fingerprint density at radius 3 is 2.36 bits per heavy atom. The fourth-order valence-corrected chi connectivity index (χ4v) is 6.98. The van der Waals surface area contributed by atoms with Crippen LogP contribution in [0.5, 0.6) is 0 Å². The molecule has 4 atom stereocenters. The molecule has 2 aromatic rings. The maximum absolute atomic E-state index is 14.3. The molecule has 2 aliphatic rings. The van der Waals surface area contributed by atoms with Gasteiger partial charge in [-0.05, 0) is 81.5 Å². The number of fused-ring (bicyclic) bond motifs is 1. The van der Waals surface area contributed by atoms with Crippen molar-refractivity contribution in [3.8, 4) is 0 Å². The van der Waals surface area contributed by atoms with Crippen molar-refractivity contribution in [2.24, 2.45) is 5.92 Å². The number of hydrogen-bond acceptors (Lipinski definition) is 7. The molecule has 0 spiro atoms. The lowest BCUT2D eigenvalue weighted by molar-refractivity contribution is -0.146.